The van der Waals surface area contributed by atoms with Gasteiger partial charge in [-0.25, -0.2) is 0 Å². The van der Waals surface area contributed by atoms with Crippen molar-refractivity contribution >= 4 is 11.8 Å². The number of rotatable bonds is 5. The van der Waals surface area contributed by atoms with Crippen LogP contribution in [0.3, 0.4) is 0 Å². The maximum Gasteiger partial charge on any atom is 0.0332 e. The van der Waals surface area contributed by atoms with Gasteiger partial charge in [-0.15, -0.1) is 11.8 Å². The number of thioether (sulfide) groups is 1. The van der Waals surface area contributed by atoms with Crippen molar-refractivity contribution in [3.05, 3.63) is 30.3 Å². The smallest absolute Gasteiger partial charge is 0.0332 e. The summed E-state index contributed by atoms with van der Waals surface area (Å²) in [6.07, 6.45) is 5.40. The van der Waals surface area contributed by atoms with Gasteiger partial charge in [-0.05, 0) is 36.8 Å². The Kier molecular flexibility index (Phi) is 5.54. The molecule has 0 spiro atoms. The molecular weight excluding hydrogens is 240 g/mol. The van der Waals surface area contributed by atoms with Crippen molar-refractivity contribution in [3.8, 4) is 0 Å². The van der Waals surface area contributed by atoms with E-state index in [0.29, 0.717) is 6.04 Å². The molecule has 1 aromatic rings. The molecule has 1 aliphatic carbocycles. The minimum Gasteiger partial charge on any atom is -0.271 e. The van der Waals surface area contributed by atoms with Crippen molar-refractivity contribution in [1.29, 1.82) is 0 Å². The molecule has 1 aromatic carbocycles. The summed E-state index contributed by atoms with van der Waals surface area (Å²) in [6.45, 7) is 2.37. The standard InChI is InChI=1S/C15H24N2S/c1-12-6-5-7-13(10-12)15(17-16)11-18-14-8-3-2-4-9-14/h2-4,8-9,12-13,15,17H,5-7,10-11,16H2,1H3. The van der Waals surface area contributed by atoms with Crippen LogP contribution < -0.4 is 11.3 Å². The second-order valence-corrected chi connectivity index (χ2v) is 6.52. The monoisotopic (exact) mass is 264 g/mol. The van der Waals surface area contributed by atoms with Gasteiger partial charge in [0.15, 0.2) is 0 Å². The van der Waals surface area contributed by atoms with Crippen molar-refractivity contribution in [2.45, 2.75) is 43.5 Å². The van der Waals surface area contributed by atoms with Gasteiger partial charge in [0, 0.05) is 16.7 Å². The summed E-state index contributed by atoms with van der Waals surface area (Å²) in [7, 11) is 0. The van der Waals surface area contributed by atoms with Crippen LogP contribution in [0.25, 0.3) is 0 Å². The fraction of sp³-hybridized carbons (Fsp3) is 0.600. The first kappa shape index (κ1) is 13.9. The van der Waals surface area contributed by atoms with Crippen molar-refractivity contribution in [2.24, 2.45) is 17.7 Å². The first-order valence-corrected chi connectivity index (χ1v) is 7.92. The van der Waals surface area contributed by atoms with Crippen LogP contribution in [0.5, 0.6) is 0 Å². The Balaban J connectivity index is 1.85. The highest BCUT2D eigenvalue weighted by molar-refractivity contribution is 7.99. The fourth-order valence-corrected chi connectivity index (χ4v) is 3.96. The lowest BCUT2D eigenvalue weighted by Gasteiger charge is -2.32. The van der Waals surface area contributed by atoms with Gasteiger partial charge < -0.3 is 0 Å². The average molecular weight is 264 g/mol. The Hall–Kier alpha value is -0.510. The zero-order valence-electron chi connectivity index (χ0n) is 11.1. The quantitative estimate of drug-likeness (QED) is 0.486. The first-order valence-electron chi connectivity index (χ1n) is 6.93. The van der Waals surface area contributed by atoms with Crippen LogP contribution in [0.2, 0.25) is 0 Å². The third-order valence-electron chi connectivity index (χ3n) is 3.93. The predicted octanol–water partition coefficient (Wildman–Crippen LogP) is 3.44. The average Bonchev–Trinajstić information content (AvgIpc) is 2.41. The van der Waals surface area contributed by atoms with Crippen LogP contribution >= 0.6 is 11.8 Å². The van der Waals surface area contributed by atoms with Crippen molar-refractivity contribution in [1.82, 2.24) is 5.43 Å². The largest absolute Gasteiger partial charge is 0.271 e. The first-order chi connectivity index (χ1) is 8.79. The van der Waals surface area contributed by atoms with Crippen molar-refractivity contribution in [2.75, 3.05) is 5.75 Å². The highest BCUT2D eigenvalue weighted by atomic mass is 32.2. The van der Waals surface area contributed by atoms with Gasteiger partial charge in [-0.3, -0.25) is 11.3 Å². The van der Waals surface area contributed by atoms with Gasteiger partial charge in [-0.1, -0.05) is 38.0 Å². The molecule has 1 saturated carbocycles. The van der Waals surface area contributed by atoms with E-state index in [0.717, 1.165) is 17.6 Å². The highest BCUT2D eigenvalue weighted by Gasteiger charge is 2.25. The van der Waals surface area contributed by atoms with Crippen LogP contribution in [0.1, 0.15) is 32.6 Å². The molecule has 0 amide bonds. The summed E-state index contributed by atoms with van der Waals surface area (Å²) in [6, 6.07) is 11.0. The van der Waals surface area contributed by atoms with Gasteiger partial charge in [0.1, 0.15) is 0 Å². The van der Waals surface area contributed by atoms with E-state index in [4.69, 9.17) is 5.84 Å². The second-order valence-electron chi connectivity index (χ2n) is 5.43. The van der Waals surface area contributed by atoms with Gasteiger partial charge in [-0.2, -0.15) is 0 Å². The second kappa shape index (κ2) is 7.17. The maximum absolute atomic E-state index is 5.75. The highest BCUT2D eigenvalue weighted by Crippen LogP contribution is 2.32. The number of hydrazine groups is 1. The van der Waals surface area contributed by atoms with Crippen molar-refractivity contribution < 1.29 is 0 Å². The lowest BCUT2D eigenvalue weighted by Crippen LogP contribution is -2.44. The van der Waals surface area contributed by atoms with E-state index in [1.165, 1.54) is 30.6 Å². The Morgan fingerprint density at radius 1 is 1.33 bits per heavy atom. The van der Waals surface area contributed by atoms with E-state index in [1.54, 1.807) is 0 Å². The number of nitrogens with two attached hydrogens (primary N) is 1. The Morgan fingerprint density at radius 3 is 2.78 bits per heavy atom. The number of benzene rings is 1. The minimum absolute atomic E-state index is 0.443. The van der Waals surface area contributed by atoms with E-state index in [9.17, 15) is 0 Å². The lowest BCUT2D eigenvalue weighted by molar-refractivity contribution is 0.235. The molecular formula is C15H24N2S. The maximum atomic E-state index is 5.75. The molecule has 3 N–H and O–H groups in total. The van der Waals surface area contributed by atoms with Gasteiger partial charge in [0.05, 0.1) is 0 Å². The van der Waals surface area contributed by atoms with Crippen LogP contribution in [0.4, 0.5) is 0 Å². The van der Waals surface area contributed by atoms with E-state index >= 15 is 0 Å². The molecule has 2 rings (SSSR count). The van der Waals surface area contributed by atoms with Crippen LogP contribution in [-0.4, -0.2) is 11.8 Å². The predicted molar refractivity (Wildman–Crippen MR) is 79.4 cm³/mol. The molecule has 0 bridgehead atoms. The number of nitrogens with one attached hydrogen (secondary N) is 1. The summed E-state index contributed by atoms with van der Waals surface area (Å²) in [4.78, 5) is 1.33. The molecule has 0 saturated heterocycles. The third-order valence-corrected chi connectivity index (χ3v) is 5.06. The summed E-state index contributed by atoms with van der Waals surface area (Å²) in [5.74, 6) is 8.42. The molecule has 18 heavy (non-hydrogen) atoms. The van der Waals surface area contributed by atoms with Crippen molar-refractivity contribution in [3.63, 3.8) is 0 Å². The zero-order valence-corrected chi connectivity index (χ0v) is 12.0. The molecule has 3 atom stereocenters. The lowest BCUT2D eigenvalue weighted by atomic mass is 9.79. The Morgan fingerprint density at radius 2 is 2.11 bits per heavy atom. The van der Waals surface area contributed by atoms with Gasteiger partial charge >= 0.3 is 0 Å². The molecule has 100 valence electrons. The molecule has 3 unspecified atom stereocenters. The molecule has 2 nitrogen and oxygen atoms in total. The zero-order chi connectivity index (χ0) is 12.8. The van der Waals surface area contributed by atoms with Gasteiger partial charge in [0.2, 0.25) is 0 Å². The van der Waals surface area contributed by atoms with Crippen LogP contribution in [-0.2, 0) is 0 Å². The van der Waals surface area contributed by atoms with Crippen LogP contribution in [0, 0.1) is 11.8 Å². The summed E-state index contributed by atoms with van der Waals surface area (Å²) >= 11 is 1.91. The van der Waals surface area contributed by atoms with E-state index in [1.807, 2.05) is 11.8 Å². The SMILES string of the molecule is CC1CCCC(C(CSc2ccccc2)NN)C1. The summed E-state index contributed by atoms with van der Waals surface area (Å²) in [5, 5.41) is 0. The van der Waals surface area contributed by atoms with Gasteiger partial charge in [0.25, 0.3) is 0 Å². The molecule has 0 aliphatic heterocycles. The number of hydrogen-bond donors (Lipinski definition) is 2. The summed E-state index contributed by atoms with van der Waals surface area (Å²) < 4.78 is 0. The van der Waals surface area contributed by atoms with E-state index in [-0.39, 0.29) is 0 Å². The topological polar surface area (TPSA) is 38.0 Å². The molecule has 3 heteroatoms. The van der Waals surface area contributed by atoms with Crippen LogP contribution in [0.15, 0.2) is 35.2 Å². The fourth-order valence-electron chi connectivity index (χ4n) is 2.87. The van der Waals surface area contributed by atoms with E-state index < -0.39 is 0 Å². The molecule has 0 aromatic heterocycles. The third kappa shape index (κ3) is 4.01. The molecule has 0 radical (unpaired) electrons. The summed E-state index contributed by atoms with van der Waals surface area (Å²) in [5.41, 5.74) is 3.04. The Bertz CT molecular complexity index is 342. The number of hydrogen-bond acceptors (Lipinski definition) is 3. The normalized spacial score (nSPS) is 25.9. The molecule has 1 fully saturated rings. The minimum atomic E-state index is 0.443. The van der Waals surface area contributed by atoms with E-state index in [2.05, 4.69) is 42.7 Å². The molecule has 1 aliphatic rings. The Labute approximate surface area is 115 Å². The molecule has 0 heterocycles.